The number of hydrogen-bond donors (Lipinski definition) is 1. The fourth-order valence-corrected chi connectivity index (χ4v) is 4.27. The molecule has 2 unspecified atom stereocenters. The lowest BCUT2D eigenvalue weighted by atomic mass is 9.78. The Hall–Kier alpha value is -1.90. The number of morpholine rings is 1. The minimum absolute atomic E-state index is 0.0364. The van der Waals surface area contributed by atoms with Crippen molar-refractivity contribution in [2.45, 2.75) is 51.2 Å². The summed E-state index contributed by atoms with van der Waals surface area (Å²) in [6, 6.07) is 8.93. The number of nitrogens with zero attached hydrogens (tertiary/aromatic N) is 2. The maximum absolute atomic E-state index is 12.7. The van der Waals surface area contributed by atoms with E-state index in [9.17, 15) is 4.79 Å². The molecule has 0 aromatic heterocycles. The van der Waals surface area contributed by atoms with Gasteiger partial charge in [0.25, 0.3) is 5.91 Å². The van der Waals surface area contributed by atoms with E-state index >= 15 is 0 Å². The summed E-state index contributed by atoms with van der Waals surface area (Å²) in [5.74, 6) is 0.547. The topological polar surface area (TPSA) is 65.4 Å². The van der Waals surface area contributed by atoms with Crippen molar-refractivity contribution in [2.75, 3.05) is 26.2 Å². The van der Waals surface area contributed by atoms with Crippen LogP contribution in [0.15, 0.2) is 24.3 Å². The largest absolute Gasteiger partial charge is 0.370 e. The van der Waals surface area contributed by atoms with Crippen LogP contribution in [0.1, 0.15) is 55.5 Å². The van der Waals surface area contributed by atoms with E-state index in [-0.39, 0.29) is 17.6 Å². The first kappa shape index (κ1) is 18.9. The molecule has 1 aromatic rings. The fourth-order valence-electron chi connectivity index (χ4n) is 4.27. The maximum atomic E-state index is 12.7. The maximum Gasteiger partial charge on any atom is 0.251 e. The smallest absolute Gasteiger partial charge is 0.251 e. The van der Waals surface area contributed by atoms with E-state index < -0.39 is 0 Å². The molecule has 1 aliphatic carbocycles. The van der Waals surface area contributed by atoms with Gasteiger partial charge >= 0.3 is 0 Å². The first-order valence-corrected chi connectivity index (χ1v) is 9.70. The molecule has 1 aliphatic heterocycles. The number of rotatable bonds is 4. The highest BCUT2D eigenvalue weighted by Gasteiger charge is 2.45. The fraction of sp³-hybridized carbons (Fsp3) is 0.619. The van der Waals surface area contributed by atoms with E-state index in [4.69, 9.17) is 10.00 Å². The Balaban J connectivity index is 1.71. The number of amides is 1. The van der Waals surface area contributed by atoms with E-state index in [1.807, 2.05) is 0 Å². The average molecular weight is 355 g/mol. The zero-order valence-electron chi connectivity index (χ0n) is 15.8. The van der Waals surface area contributed by atoms with Crippen molar-refractivity contribution >= 4 is 5.91 Å². The number of carbonyl (C=O) groups excluding carboxylic acids is 1. The Morgan fingerprint density at radius 2 is 2.15 bits per heavy atom. The first-order chi connectivity index (χ1) is 12.5. The van der Waals surface area contributed by atoms with Gasteiger partial charge in [-0.2, -0.15) is 5.26 Å². The molecule has 140 valence electrons. The SMILES string of the molecule is CC(C)CN1CCOC2(CCCCC2NC(=O)c2ccc(C#N)cc2)C1. The molecule has 0 bridgehead atoms. The van der Waals surface area contributed by atoms with Crippen LogP contribution in [-0.4, -0.2) is 48.7 Å². The summed E-state index contributed by atoms with van der Waals surface area (Å²) in [5.41, 5.74) is 0.892. The summed E-state index contributed by atoms with van der Waals surface area (Å²) in [6.45, 7) is 8.15. The Bertz CT molecular complexity index is 661. The number of benzene rings is 1. The second-order valence-electron chi connectivity index (χ2n) is 8.00. The van der Waals surface area contributed by atoms with Crippen LogP contribution in [-0.2, 0) is 4.74 Å². The van der Waals surface area contributed by atoms with Gasteiger partial charge in [0.15, 0.2) is 0 Å². The van der Waals surface area contributed by atoms with E-state index in [0.29, 0.717) is 17.0 Å². The first-order valence-electron chi connectivity index (χ1n) is 9.70. The van der Waals surface area contributed by atoms with Crippen LogP contribution in [0.2, 0.25) is 0 Å². The highest BCUT2D eigenvalue weighted by molar-refractivity contribution is 5.94. The zero-order valence-corrected chi connectivity index (χ0v) is 15.8. The number of nitrogens with one attached hydrogen (secondary N) is 1. The molecule has 1 N–H and O–H groups in total. The molecule has 1 spiro atoms. The van der Waals surface area contributed by atoms with Crippen LogP contribution in [0.3, 0.4) is 0 Å². The van der Waals surface area contributed by atoms with Crippen molar-refractivity contribution in [1.29, 1.82) is 5.26 Å². The minimum atomic E-state index is -0.270. The average Bonchev–Trinajstić information content (AvgIpc) is 2.63. The molecule has 2 atom stereocenters. The van der Waals surface area contributed by atoms with Crippen molar-refractivity contribution in [3.05, 3.63) is 35.4 Å². The third-order valence-electron chi connectivity index (χ3n) is 5.47. The molecule has 1 aromatic carbocycles. The predicted octanol–water partition coefficient (Wildman–Crippen LogP) is 2.96. The lowest BCUT2D eigenvalue weighted by Gasteiger charge is -2.50. The van der Waals surface area contributed by atoms with Gasteiger partial charge in [0, 0.05) is 25.2 Å². The predicted molar refractivity (Wildman–Crippen MR) is 101 cm³/mol. The molecule has 5 nitrogen and oxygen atoms in total. The molecular weight excluding hydrogens is 326 g/mol. The van der Waals surface area contributed by atoms with Gasteiger partial charge in [-0.3, -0.25) is 9.69 Å². The monoisotopic (exact) mass is 355 g/mol. The number of hydrogen-bond acceptors (Lipinski definition) is 4. The molecule has 1 amide bonds. The highest BCUT2D eigenvalue weighted by Crippen LogP contribution is 2.35. The number of nitriles is 1. The number of ether oxygens (including phenoxy) is 1. The molecule has 2 fully saturated rings. The van der Waals surface area contributed by atoms with Crippen LogP contribution < -0.4 is 5.32 Å². The lowest BCUT2D eigenvalue weighted by Crippen LogP contribution is -2.64. The van der Waals surface area contributed by atoms with Crippen molar-refractivity contribution in [3.8, 4) is 6.07 Å². The van der Waals surface area contributed by atoms with E-state index in [1.165, 1.54) is 0 Å². The van der Waals surface area contributed by atoms with Crippen LogP contribution in [0.5, 0.6) is 0 Å². The molecule has 3 rings (SSSR count). The Morgan fingerprint density at radius 1 is 1.38 bits per heavy atom. The molecule has 2 aliphatic rings. The van der Waals surface area contributed by atoms with E-state index in [0.717, 1.165) is 51.9 Å². The van der Waals surface area contributed by atoms with Gasteiger partial charge in [-0.05, 0) is 43.0 Å². The van der Waals surface area contributed by atoms with Gasteiger partial charge in [0.2, 0.25) is 0 Å². The Kier molecular flexibility index (Phi) is 5.95. The summed E-state index contributed by atoms with van der Waals surface area (Å²) in [6.07, 6.45) is 4.23. The lowest BCUT2D eigenvalue weighted by molar-refractivity contribution is -0.142. The highest BCUT2D eigenvalue weighted by atomic mass is 16.5. The summed E-state index contributed by atoms with van der Waals surface area (Å²) in [7, 11) is 0. The van der Waals surface area contributed by atoms with Gasteiger partial charge in [-0.1, -0.05) is 26.7 Å². The molecule has 26 heavy (non-hydrogen) atoms. The van der Waals surface area contributed by atoms with Gasteiger partial charge in [-0.25, -0.2) is 0 Å². The van der Waals surface area contributed by atoms with Crippen molar-refractivity contribution in [2.24, 2.45) is 5.92 Å². The summed E-state index contributed by atoms with van der Waals surface area (Å²) in [4.78, 5) is 15.2. The standard InChI is InChI=1S/C21H29N3O2/c1-16(2)14-24-11-12-26-21(15-24)10-4-3-5-19(21)23-20(25)18-8-6-17(13-22)7-9-18/h6-9,16,19H,3-5,10-12,14-15H2,1-2H3,(H,23,25). The van der Waals surface area contributed by atoms with Crippen LogP contribution in [0, 0.1) is 17.2 Å². The zero-order chi connectivity index (χ0) is 18.6. The van der Waals surface area contributed by atoms with Crippen molar-refractivity contribution in [3.63, 3.8) is 0 Å². The summed E-state index contributed by atoms with van der Waals surface area (Å²) in [5, 5.41) is 12.1. The number of carbonyl (C=O) groups is 1. The van der Waals surface area contributed by atoms with Gasteiger partial charge in [0.05, 0.1) is 24.3 Å². The van der Waals surface area contributed by atoms with Gasteiger partial charge in [0.1, 0.15) is 5.60 Å². The Labute approximate surface area is 156 Å². The molecular formula is C21H29N3O2. The molecule has 1 saturated carbocycles. The van der Waals surface area contributed by atoms with Crippen LogP contribution >= 0.6 is 0 Å². The van der Waals surface area contributed by atoms with Gasteiger partial charge in [-0.15, -0.1) is 0 Å². The van der Waals surface area contributed by atoms with Crippen molar-refractivity contribution < 1.29 is 9.53 Å². The molecule has 1 heterocycles. The molecule has 5 heteroatoms. The Morgan fingerprint density at radius 3 is 2.85 bits per heavy atom. The summed E-state index contributed by atoms with van der Waals surface area (Å²) >= 11 is 0. The molecule has 0 radical (unpaired) electrons. The second-order valence-corrected chi connectivity index (χ2v) is 8.00. The minimum Gasteiger partial charge on any atom is -0.370 e. The molecule has 1 saturated heterocycles. The third-order valence-corrected chi connectivity index (χ3v) is 5.47. The summed E-state index contributed by atoms with van der Waals surface area (Å²) < 4.78 is 6.30. The van der Waals surface area contributed by atoms with Crippen LogP contribution in [0.4, 0.5) is 0 Å². The third kappa shape index (κ3) is 4.25. The normalized spacial score (nSPS) is 26.6. The quantitative estimate of drug-likeness (QED) is 0.902. The second kappa shape index (κ2) is 8.20. The van der Waals surface area contributed by atoms with Crippen molar-refractivity contribution in [1.82, 2.24) is 10.2 Å². The van der Waals surface area contributed by atoms with Crippen LogP contribution in [0.25, 0.3) is 0 Å². The van der Waals surface area contributed by atoms with Gasteiger partial charge < -0.3 is 10.1 Å². The van der Waals surface area contributed by atoms with E-state index in [1.54, 1.807) is 24.3 Å². The van der Waals surface area contributed by atoms with E-state index in [2.05, 4.69) is 30.1 Å².